The van der Waals surface area contributed by atoms with Gasteiger partial charge in [0.2, 0.25) is 0 Å². The second-order valence-corrected chi connectivity index (χ2v) is 7.53. The molecule has 3 aromatic carbocycles. The largest absolute Gasteiger partial charge is 0.422 e. The molecule has 0 aliphatic carbocycles. The third-order valence-corrected chi connectivity index (χ3v) is 4.35. The summed E-state index contributed by atoms with van der Waals surface area (Å²) < 4.78 is 5.52. The minimum atomic E-state index is -0.500. The van der Waals surface area contributed by atoms with Crippen LogP contribution in [0.25, 0.3) is 0 Å². The van der Waals surface area contributed by atoms with Crippen molar-refractivity contribution in [1.29, 1.82) is 0 Å². The fraction of sp³-hybridized carbons (Fsp3) is 0.167. The second kappa shape index (κ2) is 8.09. The van der Waals surface area contributed by atoms with E-state index in [2.05, 4.69) is 26.1 Å². The molecule has 0 heterocycles. The van der Waals surface area contributed by atoms with Gasteiger partial charge < -0.3 is 10.1 Å². The van der Waals surface area contributed by atoms with Gasteiger partial charge in [-0.25, -0.2) is 4.79 Å². The molecule has 0 fully saturated rings. The highest BCUT2D eigenvalue weighted by molar-refractivity contribution is 6.07. The van der Waals surface area contributed by atoms with Crippen molar-refractivity contribution < 1.29 is 14.3 Å². The summed E-state index contributed by atoms with van der Waals surface area (Å²) in [6.45, 7) is 6.34. The van der Waals surface area contributed by atoms with Gasteiger partial charge in [-0.2, -0.15) is 0 Å². The van der Waals surface area contributed by atoms with Gasteiger partial charge >= 0.3 is 5.97 Å². The lowest BCUT2D eigenvalue weighted by Crippen LogP contribution is -2.16. The predicted molar refractivity (Wildman–Crippen MR) is 111 cm³/mol. The molecule has 4 nitrogen and oxygen atoms in total. The van der Waals surface area contributed by atoms with E-state index < -0.39 is 5.97 Å². The van der Waals surface area contributed by atoms with E-state index in [1.807, 2.05) is 30.3 Å². The minimum absolute atomic E-state index is 0.00453. The molecule has 0 saturated heterocycles. The van der Waals surface area contributed by atoms with E-state index in [0.717, 1.165) is 5.56 Å². The first-order valence-corrected chi connectivity index (χ1v) is 9.13. The van der Waals surface area contributed by atoms with Crippen LogP contribution >= 0.6 is 0 Å². The zero-order chi connectivity index (χ0) is 20.1. The molecule has 28 heavy (non-hydrogen) atoms. The van der Waals surface area contributed by atoms with Crippen molar-refractivity contribution in [2.75, 3.05) is 5.32 Å². The normalized spacial score (nSPS) is 11.0. The van der Waals surface area contributed by atoms with Crippen LogP contribution in [-0.2, 0) is 5.41 Å². The van der Waals surface area contributed by atoms with E-state index in [9.17, 15) is 9.59 Å². The van der Waals surface area contributed by atoms with Crippen LogP contribution < -0.4 is 10.1 Å². The first kappa shape index (κ1) is 19.4. The molecule has 142 valence electrons. The van der Waals surface area contributed by atoms with Crippen molar-refractivity contribution in [2.45, 2.75) is 26.2 Å². The maximum absolute atomic E-state index is 12.6. The van der Waals surface area contributed by atoms with Gasteiger partial charge in [-0.1, -0.05) is 63.2 Å². The molecule has 0 aromatic heterocycles. The molecular weight excluding hydrogens is 350 g/mol. The Morgan fingerprint density at radius 2 is 1.39 bits per heavy atom. The van der Waals surface area contributed by atoms with E-state index in [-0.39, 0.29) is 17.1 Å². The number of nitrogens with one attached hydrogen (secondary N) is 1. The van der Waals surface area contributed by atoms with Crippen LogP contribution in [0.1, 0.15) is 47.1 Å². The average Bonchev–Trinajstić information content (AvgIpc) is 2.68. The van der Waals surface area contributed by atoms with Crippen LogP contribution in [0.2, 0.25) is 0 Å². The Balaban J connectivity index is 1.77. The number of carbonyl (C=O) groups is 2. The Morgan fingerprint density at radius 3 is 2.04 bits per heavy atom. The SMILES string of the molecule is CC(C)(C)c1ccc(C(=O)Oc2ccccc2C(=O)Nc2ccccc2)cc1. The van der Waals surface area contributed by atoms with Crippen molar-refractivity contribution in [3.8, 4) is 5.75 Å². The summed E-state index contributed by atoms with van der Waals surface area (Å²) in [7, 11) is 0. The van der Waals surface area contributed by atoms with Crippen molar-refractivity contribution in [3.63, 3.8) is 0 Å². The summed E-state index contributed by atoms with van der Waals surface area (Å²) in [5.41, 5.74) is 2.54. The monoisotopic (exact) mass is 373 g/mol. The van der Waals surface area contributed by atoms with Gasteiger partial charge in [0.15, 0.2) is 0 Å². The first-order valence-electron chi connectivity index (χ1n) is 9.13. The molecule has 1 N–H and O–H groups in total. The zero-order valence-electron chi connectivity index (χ0n) is 16.2. The number of carbonyl (C=O) groups excluding carboxylic acids is 2. The molecule has 0 aliphatic heterocycles. The van der Waals surface area contributed by atoms with E-state index in [1.165, 1.54) is 0 Å². The highest BCUT2D eigenvalue weighted by Crippen LogP contribution is 2.24. The molecule has 0 radical (unpaired) electrons. The number of ether oxygens (including phenoxy) is 1. The lowest BCUT2D eigenvalue weighted by molar-refractivity contribution is 0.0733. The zero-order valence-corrected chi connectivity index (χ0v) is 16.2. The van der Waals surface area contributed by atoms with Crippen LogP contribution in [0.3, 0.4) is 0 Å². The lowest BCUT2D eigenvalue weighted by Gasteiger charge is -2.19. The molecular formula is C24H23NO3. The molecule has 4 heteroatoms. The first-order chi connectivity index (χ1) is 13.3. The third-order valence-electron chi connectivity index (χ3n) is 4.35. The van der Waals surface area contributed by atoms with Gasteiger partial charge in [0.05, 0.1) is 11.1 Å². The van der Waals surface area contributed by atoms with Gasteiger partial charge in [0, 0.05) is 5.69 Å². The van der Waals surface area contributed by atoms with Crippen molar-refractivity contribution in [3.05, 3.63) is 95.6 Å². The highest BCUT2D eigenvalue weighted by atomic mass is 16.5. The number of benzene rings is 3. The Bertz CT molecular complexity index is 971. The Hall–Kier alpha value is -3.40. The van der Waals surface area contributed by atoms with Gasteiger partial charge in [-0.3, -0.25) is 4.79 Å². The van der Waals surface area contributed by atoms with Crippen LogP contribution in [0.15, 0.2) is 78.9 Å². The molecule has 0 bridgehead atoms. The smallest absolute Gasteiger partial charge is 0.343 e. The fourth-order valence-corrected chi connectivity index (χ4v) is 2.73. The maximum Gasteiger partial charge on any atom is 0.343 e. The topological polar surface area (TPSA) is 55.4 Å². The van der Waals surface area contributed by atoms with Crippen molar-refractivity contribution in [1.82, 2.24) is 0 Å². The molecule has 3 rings (SSSR count). The molecule has 0 saturated carbocycles. The molecule has 3 aromatic rings. The lowest BCUT2D eigenvalue weighted by atomic mass is 9.87. The number of hydrogen-bond donors (Lipinski definition) is 1. The van der Waals surface area contributed by atoms with E-state index in [1.54, 1.807) is 48.5 Å². The second-order valence-electron chi connectivity index (χ2n) is 7.53. The summed E-state index contributed by atoms with van der Waals surface area (Å²) in [5.74, 6) is -0.612. The predicted octanol–water partition coefficient (Wildman–Crippen LogP) is 5.46. The Morgan fingerprint density at radius 1 is 0.786 bits per heavy atom. The van der Waals surface area contributed by atoms with Crippen molar-refractivity contribution in [2.24, 2.45) is 0 Å². The Labute approximate surface area is 165 Å². The van der Waals surface area contributed by atoms with E-state index >= 15 is 0 Å². The van der Waals surface area contributed by atoms with Crippen LogP contribution in [0.5, 0.6) is 5.75 Å². The van der Waals surface area contributed by atoms with Gasteiger partial charge in [0.25, 0.3) is 5.91 Å². The maximum atomic E-state index is 12.6. The number of amides is 1. The summed E-state index contributed by atoms with van der Waals surface area (Å²) in [6, 6.07) is 23.2. The van der Waals surface area contributed by atoms with Crippen LogP contribution in [0, 0.1) is 0 Å². The fourth-order valence-electron chi connectivity index (χ4n) is 2.73. The summed E-state index contributed by atoms with van der Waals surface area (Å²) >= 11 is 0. The van der Waals surface area contributed by atoms with Crippen LogP contribution in [0.4, 0.5) is 5.69 Å². The number of para-hydroxylation sites is 2. The quantitative estimate of drug-likeness (QED) is 0.488. The number of hydrogen-bond acceptors (Lipinski definition) is 3. The summed E-state index contributed by atoms with van der Waals surface area (Å²) in [5, 5.41) is 2.81. The number of rotatable bonds is 4. The van der Waals surface area contributed by atoms with Gasteiger partial charge in [0.1, 0.15) is 5.75 Å². The molecule has 0 atom stereocenters. The summed E-state index contributed by atoms with van der Waals surface area (Å²) in [4.78, 5) is 25.2. The van der Waals surface area contributed by atoms with Crippen molar-refractivity contribution >= 4 is 17.6 Å². The molecule has 0 spiro atoms. The number of esters is 1. The van der Waals surface area contributed by atoms with Gasteiger partial charge in [-0.05, 0) is 47.4 Å². The van der Waals surface area contributed by atoms with E-state index in [0.29, 0.717) is 16.8 Å². The highest BCUT2D eigenvalue weighted by Gasteiger charge is 2.18. The standard InChI is InChI=1S/C24H23NO3/c1-24(2,3)18-15-13-17(14-16-18)23(27)28-21-12-8-7-11-20(21)22(26)25-19-9-5-4-6-10-19/h4-16H,1-3H3,(H,25,26). The average molecular weight is 373 g/mol. The summed E-state index contributed by atoms with van der Waals surface area (Å²) in [6.07, 6.45) is 0. The molecule has 1 amide bonds. The minimum Gasteiger partial charge on any atom is -0.422 e. The van der Waals surface area contributed by atoms with Gasteiger partial charge in [-0.15, -0.1) is 0 Å². The number of anilines is 1. The molecule has 0 aliphatic rings. The molecule has 0 unspecified atom stereocenters. The Kier molecular flexibility index (Phi) is 5.59. The van der Waals surface area contributed by atoms with E-state index in [4.69, 9.17) is 4.74 Å². The van der Waals surface area contributed by atoms with Crippen LogP contribution in [-0.4, -0.2) is 11.9 Å². The third kappa shape index (κ3) is 4.65.